The summed E-state index contributed by atoms with van der Waals surface area (Å²) in [4.78, 5) is 18.9. The Morgan fingerprint density at radius 2 is 2.00 bits per heavy atom. The largest absolute Gasteiger partial charge is 0.325 e. The van der Waals surface area contributed by atoms with Crippen molar-refractivity contribution < 1.29 is 4.79 Å². The van der Waals surface area contributed by atoms with E-state index in [0.717, 1.165) is 19.6 Å². The molecule has 0 atom stereocenters. The number of urea groups is 1. The summed E-state index contributed by atoms with van der Waals surface area (Å²) in [5.74, 6) is 0. The van der Waals surface area contributed by atoms with Crippen LogP contribution in [0.2, 0.25) is 0 Å². The zero-order chi connectivity index (χ0) is 13.3. The van der Waals surface area contributed by atoms with Crippen LogP contribution in [0.5, 0.6) is 0 Å². The van der Waals surface area contributed by atoms with Crippen molar-refractivity contribution in [1.82, 2.24) is 14.7 Å². The van der Waals surface area contributed by atoms with Crippen molar-refractivity contribution in [3.63, 3.8) is 0 Å². The third kappa shape index (κ3) is 2.48. The summed E-state index contributed by atoms with van der Waals surface area (Å²) in [6.07, 6.45) is 3.74. The molecule has 1 saturated carbocycles. The van der Waals surface area contributed by atoms with Crippen LogP contribution in [-0.4, -0.2) is 65.5 Å². The number of rotatable bonds is 3. The normalized spacial score (nSPS) is 22.6. The highest BCUT2D eigenvalue weighted by molar-refractivity contribution is 5.74. The molecular formula is C14H27N3O. The number of nitrogens with zero attached hydrogens (tertiary/aromatic N) is 3. The van der Waals surface area contributed by atoms with Gasteiger partial charge in [0, 0.05) is 38.3 Å². The van der Waals surface area contributed by atoms with E-state index >= 15 is 0 Å². The fourth-order valence-electron chi connectivity index (χ4n) is 2.86. The zero-order valence-corrected chi connectivity index (χ0v) is 12.3. The molecule has 2 fully saturated rings. The van der Waals surface area contributed by atoms with Crippen molar-refractivity contribution in [2.75, 3.05) is 33.2 Å². The number of carbonyl (C=O) groups is 1. The van der Waals surface area contributed by atoms with Crippen LogP contribution in [0.25, 0.3) is 0 Å². The van der Waals surface area contributed by atoms with Crippen LogP contribution < -0.4 is 0 Å². The van der Waals surface area contributed by atoms with Crippen LogP contribution in [0.15, 0.2) is 0 Å². The Kier molecular flexibility index (Phi) is 3.85. The molecule has 18 heavy (non-hydrogen) atoms. The fourth-order valence-corrected chi connectivity index (χ4v) is 2.86. The van der Waals surface area contributed by atoms with Crippen molar-refractivity contribution in [1.29, 1.82) is 0 Å². The molecule has 104 valence electrons. The van der Waals surface area contributed by atoms with E-state index in [1.165, 1.54) is 25.8 Å². The van der Waals surface area contributed by atoms with Crippen molar-refractivity contribution in [2.45, 2.75) is 51.6 Å². The highest BCUT2D eigenvalue weighted by atomic mass is 16.2. The summed E-state index contributed by atoms with van der Waals surface area (Å²) in [6, 6.07) is 0.480. The van der Waals surface area contributed by atoms with E-state index in [1.54, 1.807) is 0 Å². The predicted octanol–water partition coefficient (Wildman–Crippen LogP) is 2.01. The Morgan fingerprint density at radius 3 is 2.50 bits per heavy atom. The highest BCUT2D eigenvalue weighted by Gasteiger charge is 2.51. The first-order valence-electron chi connectivity index (χ1n) is 7.27. The molecule has 1 heterocycles. The van der Waals surface area contributed by atoms with E-state index in [9.17, 15) is 4.79 Å². The molecule has 2 rings (SSSR count). The Hall–Kier alpha value is -0.770. The van der Waals surface area contributed by atoms with Crippen LogP contribution in [-0.2, 0) is 0 Å². The lowest BCUT2D eigenvalue weighted by atomic mass is 10.1. The Labute approximate surface area is 111 Å². The summed E-state index contributed by atoms with van der Waals surface area (Å²) >= 11 is 0. The van der Waals surface area contributed by atoms with Gasteiger partial charge >= 0.3 is 6.03 Å². The van der Waals surface area contributed by atoms with Crippen LogP contribution in [0, 0.1) is 0 Å². The molecule has 0 aromatic heterocycles. The minimum absolute atomic E-state index is 0.201. The highest BCUT2D eigenvalue weighted by Crippen LogP contribution is 2.44. The molecule has 4 heteroatoms. The number of hydrogen-bond donors (Lipinski definition) is 0. The van der Waals surface area contributed by atoms with Gasteiger partial charge in [-0.05, 0) is 39.7 Å². The summed E-state index contributed by atoms with van der Waals surface area (Å²) in [6.45, 7) is 10.4. The molecule has 0 aromatic carbocycles. The third-order valence-corrected chi connectivity index (χ3v) is 4.46. The number of carbonyl (C=O) groups excluding carboxylic acids is 1. The topological polar surface area (TPSA) is 26.8 Å². The standard InChI is InChI=1S/C14H27N3O/c1-5-8-17-10-9-16(11-14(17)6-7-14)13(18)15(4)12(2)3/h12H,5-11H2,1-4H3. The predicted molar refractivity (Wildman–Crippen MR) is 73.7 cm³/mol. The van der Waals surface area contributed by atoms with Gasteiger partial charge in [0.15, 0.2) is 0 Å². The average Bonchev–Trinajstić information content (AvgIpc) is 3.10. The molecule has 1 aliphatic heterocycles. The SMILES string of the molecule is CCCN1CCN(C(=O)N(C)C(C)C)CC12CC2. The summed E-state index contributed by atoms with van der Waals surface area (Å²) in [5, 5.41) is 0. The number of amides is 2. The first kappa shape index (κ1) is 13.7. The molecule has 1 aliphatic carbocycles. The van der Waals surface area contributed by atoms with E-state index in [1.807, 2.05) is 11.9 Å². The monoisotopic (exact) mass is 253 g/mol. The van der Waals surface area contributed by atoms with Gasteiger partial charge in [-0.2, -0.15) is 0 Å². The molecule has 4 nitrogen and oxygen atoms in total. The maximum Gasteiger partial charge on any atom is 0.320 e. The summed E-state index contributed by atoms with van der Waals surface area (Å²) in [7, 11) is 1.91. The van der Waals surface area contributed by atoms with Crippen molar-refractivity contribution in [3.05, 3.63) is 0 Å². The molecule has 1 saturated heterocycles. The van der Waals surface area contributed by atoms with Gasteiger partial charge in [-0.25, -0.2) is 4.79 Å². The van der Waals surface area contributed by atoms with Gasteiger partial charge in [0.1, 0.15) is 0 Å². The van der Waals surface area contributed by atoms with Gasteiger partial charge in [0.25, 0.3) is 0 Å². The smallest absolute Gasteiger partial charge is 0.320 e. The zero-order valence-electron chi connectivity index (χ0n) is 12.3. The lowest BCUT2D eigenvalue weighted by Crippen LogP contribution is -2.59. The minimum atomic E-state index is 0.201. The molecule has 0 radical (unpaired) electrons. The van der Waals surface area contributed by atoms with Gasteiger partial charge in [0.05, 0.1) is 0 Å². The second kappa shape index (κ2) is 5.08. The van der Waals surface area contributed by atoms with Gasteiger partial charge in [0.2, 0.25) is 0 Å². The Morgan fingerprint density at radius 1 is 1.33 bits per heavy atom. The molecular weight excluding hydrogens is 226 g/mol. The van der Waals surface area contributed by atoms with E-state index < -0.39 is 0 Å². The second-order valence-corrected chi connectivity index (χ2v) is 6.12. The first-order valence-corrected chi connectivity index (χ1v) is 7.27. The molecule has 0 bridgehead atoms. The van der Waals surface area contributed by atoms with Gasteiger partial charge < -0.3 is 9.80 Å². The van der Waals surface area contributed by atoms with Crippen LogP contribution >= 0.6 is 0 Å². The number of piperazine rings is 1. The molecule has 0 unspecified atom stereocenters. The van der Waals surface area contributed by atoms with Crippen molar-refractivity contribution in [3.8, 4) is 0 Å². The molecule has 0 N–H and O–H groups in total. The number of hydrogen-bond acceptors (Lipinski definition) is 2. The quantitative estimate of drug-likeness (QED) is 0.769. The minimum Gasteiger partial charge on any atom is -0.325 e. The van der Waals surface area contributed by atoms with Crippen molar-refractivity contribution >= 4 is 6.03 Å². The Bertz CT molecular complexity index is 312. The third-order valence-electron chi connectivity index (χ3n) is 4.46. The lowest BCUT2D eigenvalue weighted by Gasteiger charge is -2.43. The van der Waals surface area contributed by atoms with Gasteiger partial charge in [-0.1, -0.05) is 6.92 Å². The lowest BCUT2D eigenvalue weighted by molar-refractivity contribution is 0.0618. The summed E-state index contributed by atoms with van der Waals surface area (Å²) in [5.41, 5.74) is 0.335. The fraction of sp³-hybridized carbons (Fsp3) is 0.929. The van der Waals surface area contributed by atoms with E-state index in [-0.39, 0.29) is 12.1 Å². The molecule has 0 aromatic rings. The Balaban J connectivity index is 1.97. The maximum absolute atomic E-state index is 12.4. The molecule has 2 aliphatic rings. The van der Waals surface area contributed by atoms with E-state index in [2.05, 4.69) is 30.6 Å². The second-order valence-electron chi connectivity index (χ2n) is 6.12. The van der Waals surface area contributed by atoms with Gasteiger partial charge in [-0.15, -0.1) is 0 Å². The maximum atomic E-state index is 12.4. The van der Waals surface area contributed by atoms with Gasteiger partial charge in [-0.3, -0.25) is 4.90 Å². The average molecular weight is 253 g/mol. The molecule has 1 spiro atoms. The van der Waals surface area contributed by atoms with E-state index in [0.29, 0.717) is 5.54 Å². The first-order chi connectivity index (χ1) is 8.50. The van der Waals surface area contributed by atoms with Crippen LogP contribution in [0.3, 0.4) is 0 Å². The molecule has 2 amide bonds. The van der Waals surface area contributed by atoms with E-state index in [4.69, 9.17) is 0 Å². The van der Waals surface area contributed by atoms with Crippen molar-refractivity contribution in [2.24, 2.45) is 0 Å². The summed E-state index contributed by atoms with van der Waals surface area (Å²) < 4.78 is 0. The van der Waals surface area contributed by atoms with Crippen LogP contribution in [0.4, 0.5) is 4.79 Å². The van der Waals surface area contributed by atoms with Crippen LogP contribution in [0.1, 0.15) is 40.0 Å².